The van der Waals surface area contributed by atoms with Gasteiger partial charge in [-0.25, -0.2) is 0 Å². The number of aromatic nitrogens is 2. The van der Waals surface area contributed by atoms with Gasteiger partial charge in [-0.2, -0.15) is 5.10 Å². The summed E-state index contributed by atoms with van der Waals surface area (Å²) >= 11 is 0. The van der Waals surface area contributed by atoms with E-state index in [1.54, 1.807) is 0 Å². The average molecular weight is 262 g/mol. The van der Waals surface area contributed by atoms with Crippen LogP contribution in [0.15, 0.2) is 0 Å². The third-order valence-electron chi connectivity index (χ3n) is 4.53. The highest BCUT2D eigenvalue weighted by Gasteiger charge is 2.27. The van der Waals surface area contributed by atoms with Gasteiger partial charge < -0.3 is 10.2 Å². The van der Waals surface area contributed by atoms with Gasteiger partial charge in [0.15, 0.2) is 0 Å². The van der Waals surface area contributed by atoms with Crippen molar-refractivity contribution in [1.29, 1.82) is 0 Å². The molecule has 0 radical (unpaired) electrons. The van der Waals surface area contributed by atoms with Gasteiger partial charge in [-0.05, 0) is 46.0 Å². The van der Waals surface area contributed by atoms with Crippen molar-refractivity contribution >= 4 is 5.82 Å². The van der Waals surface area contributed by atoms with Gasteiger partial charge in [0.1, 0.15) is 5.82 Å². The van der Waals surface area contributed by atoms with Crippen LogP contribution >= 0.6 is 0 Å². The van der Waals surface area contributed by atoms with Crippen molar-refractivity contribution in [2.75, 3.05) is 11.4 Å². The van der Waals surface area contributed by atoms with E-state index < -0.39 is 0 Å². The van der Waals surface area contributed by atoms with E-state index >= 15 is 0 Å². The van der Waals surface area contributed by atoms with E-state index in [0.717, 1.165) is 12.6 Å². The van der Waals surface area contributed by atoms with Gasteiger partial charge in [0.25, 0.3) is 0 Å². The van der Waals surface area contributed by atoms with Gasteiger partial charge in [0.05, 0.1) is 5.69 Å². The number of nitrogens with one attached hydrogen (secondary N) is 1. The SMILES string of the molecule is Cc1nn(C)c(N2CCCCC2C)c1CNC1CC1. The molecule has 2 heterocycles. The van der Waals surface area contributed by atoms with E-state index in [1.165, 1.54) is 55.7 Å². The van der Waals surface area contributed by atoms with Crippen LogP contribution in [-0.2, 0) is 13.6 Å². The molecule has 19 heavy (non-hydrogen) atoms. The molecule has 4 nitrogen and oxygen atoms in total. The maximum Gasteiger partial charge on any atom is 0.131 e. The summed E-state index contributed by atoms with van der Waals surface area (Å²) < 4.78 is 2.08. The van der Waals surface area contributed by atoms with Gasteiger partial charge in [-0.1, -0.05) is 0 Å². The van der Waals surface area contributed by atoms with Gasteiger partial charge in [0, 0.05) is 37.8 Å². The van der Waals surface area contributed by atoms with Crippen LogP contribution in [0, 0.1) is 6.92 Å². The van der Waals surface area contributed by atoms with Gasteiger partial charge in [-0.15, -0.1) is 0 Å². The minimum absolute atomic E-state index is 0.642. The Morgan fingerprint density at radius 2 is 2.05 bits per heavy atom. The van der Waals surface area contributed by atoms with E-state index in [9.17, 15) is 0 Å². The summed E-state index contributed by atoms with van der Waals surface area (Å²) in [5.41, 5.74) is 2.59. The number of rotatable bonds is 4. The second-order valence-electron chi connectivity index (χ2n) is 6.20. The summed E-state index contributed by atoms with van der Waals surface area (Å²) in [5, 5.41) is 8.30. The van der Waals surface area contributed by atoms with Crippen molar-refractivity contribution in [2.24, 2.45) is 7.05 Å². The molecule has 106 valence electrons. The first-order valence-electron chi connectivity index (χ1n) is 7.69. The predicted molar refractivity (Wildman–Crippen MR) is 78.5 cm³/mol. The summed E-state index contributed by atoms with van der Waals surface area (Å²) in [6.07, 6.45) is 6.66. The first-order valence-corrected chi connectivity index (χ1v) is 7.69. The highest BCUT2D eigenvalue weighted by molar-refractivity contribution is 5.51. The molecule has 1 aromatic rings. The second kappa shape index (κ2) is 5.16. The molecule has 1 aromatic heterocycles. The molecule has 0 amide bonds. The summed E-state index contributed by atoms with van der Waals surface area (Å²) in [7, 11) is 2.09. The van der Waals surface area contributed by atoms with E-state index in [2.05, 4.69) is 40.9 Å². The maximum absolute atomic E-state index is 4.65. The zero-order valence-corrected chi connectivity index (χ0v) is 12.4. The minimum atomic E-state index is 0.642. The molecule has 1 unspecified atom stereocenters. The van der Waals surface area contributed by atoms with Crippen LogP contribution in [0.1, 0.15) is 50.3 Å². The highest BCUT2D eigenvalue weighted by Crippen LogP contribution is 2.30. The van der Waals surface area contributed by atoms with E-state index in [1.807, 2.05) is 0 Å². The molecule has 1 N–H and O–H groups in total. The Morgan fingerprint density at radius 3 is 2.74 bits per heavy atom. The van der Waals surface area contributed by atoms with Gasteiger partial charge >= 0.3 is 0 Å². The normalized spacial score (nSPS) is 23.9. The quantitative estimate of drug-likeness (QED) is 0.904. The van der Waals surface area contributed by atoms with Crippen molar-refractivity contribution in [1.82, 2.24) is 15.1 Å². The molecular weight excluding hydrogens is 236 g/mol. The highest BCUT2D eigenvalue weighted by atomic mass is 15.4. The molecule has 3 rings (SSSR count). The maximum atomic E-state index is 4.65. The number of hydrogen-bond acceptors (Lipinski definition) is 3. The Hall–Kier alpha value is -1.03. The molecule has 2 fully saturated rings. The monoisotopic (exact) mass is 262 g/mol. The largest absolute Gasteiger partial charge is 0.354 e. The second-order valence-corrected chi connectivity index (χ2v) is 6.20. The first kappa shape index (κ1) is 13.0. The van der Waals surface area contributed by atoms with Crippen LogP contribution in [0.5, 0.6) is 0 Å². The fourth-order valence-electron chi connectivity index (χ4n) is 3.20. The lowest BCUT2D eigenvalue weighted by Crippen LogP contribution is -2.39. The van der Waals surface area contributed by atoms with Crippen molar-refractivity contribution in [2.45, 2.75) is 64.6 Å². The average Bonchev–Trinajstić information content (AvgIpc) is 3.15. The number of nitrogens with zero attached hydrogens (tertiary/aromatic N) is 3. The molecule has 1 saturated heterocycles. The molecule has 1 saturated carbocycles. The first-order chi connectivity index (χ1) is 9.16. The molecule has 1 atom stereocenters. The topological polar surface area (TPSA) is 33.1 Å². The molecule has 0 bridgehead atoms. The van der Waals surface area contributed by atoms with Crippen LogP contribution in [0.3, 0.4) is 0 Å². The molecule has 4 heteroatoms. The van der Waals surface area contributed by atoms with Crippen LogP contribution in [-0.4, -0.2) is 28.4 Å². The third-order valence-corrected chi connectivity index (χ3v) is 4.53. The number of piperidine rings is 1. The fraction of sp³-hybridized carbons (Fsp3) is 0.800. The smallest absolute Gasteiger partial charge is 0.131 e. The zero-order valence-electron chi connectivity index (χ0n) is 12.4. The predicted octanol–water partition coefficient (Wildman–Crippen LogP) is 2.36. The van der Waals surface area contributed by atoms with Crippen molar-refractivity contribution in [3.05, 3.63) is 11.3 Å². The summed E-state index contributed by atoms with van der Waals surface area (Å²) in [6, 6.07) is 1.40. The standard InChI is InChI=1S/C15H26N4/c1-11-6-4-5-9-19(11)15-14(10-16-13-7-8-13)12(2)17-18(15)3/h11,13,16H,4-10H2,1-3H3. The molecule has 0 aromatic carbocycles. The van der Waals surface area contributed by atoms with E-state index in [-0.39, 0.29) is 0 Å². The van der Waals surface area contributed by atoms with Crippen molar-refractivity contribution in [3.63, 3.8) is 0 Å². The molecular formula is C15H26N4. The van der Waals surface area contributed by atoms with Crippen LogP contribution in [0.4, 0.5) is 5.82 Å². The minimum Gasteiger partial charge on any atom is -0.354 e. The third kappa shape index (κ3) is 2.64. The lowest BCUT2D eigenvalue weighted by atomic mass is 10.0. The molecule has 2 aliphatic rings. The van der Waals surface area contributed by atoms with Crippen LogP contribution in [0.2, 0.25) is 0 Å². The number of anilines is 1. The summed E-state index contributed by atoms with van der Waals surface area (Å²) in [5.74, 6) is 1.35. The lowest BCUT2D eigenvalue weighted by Gasteiger charge is -2.35. The molecule has 0 spiro atoms. The Kier molecular flexibility index (Phi) is 3.52. The van der Waals surface area contributed by atoms with Gasteiger partial charge in [-0.3, -0.25) is 4.68 Å². The Balaban J connectivity index is 1.84. The molecule has 1 aliphatic heterocycles. The Bertz CT molecular complexity index is 447. The molecule has 1 aliphatic carbocycles. The number of aryl methyl sites for hydroxylation is 2. The van der Waals surface area contributed by atoms with Crippen molar-refractivity contribution in [3.8, 4) is 0 Å². The van der Waals surface area contributed by atoms with E-state index in [0.29, 0.717) is 6.04 Å². The van der Waals surface area contributed by atoms with Crippen LogP contribution in [0.25, 0.3) is 0 Å². The van der Waals surface area contributed by atoms with Gasteiger partial charge in [0.2, 0.25) is 0 Å². The Morgan fingerprint density at radius 1 is 1.26 bits per heavy atom. The number of hydrogen-bond donors (Lipinski definition) is 1. The zero-order chi connectivity index (χ0) is 13.4. The van der Waals surface area contributed by atoms with E-state index in [4.69, 9.17) is 0 Å². The summed E-state index contributed by atoms with van der Waals surface area (Å²) in [6.45, 7) is 6.64. The van der Waals surface area contributed by atoms with Crippen LogP contribution < -0.4 is 10.2 Å². The van der Waals surface area contributed by atoms with Crippen molar-refractivity contribution < 1.29 is 0 Å². The summed E-state index contributed by atoms with van der Waals surface area (Å²) in [4.78, 5) is 2.56. The lowest BCUT2D eigenvalue weighted by molar-refractivity contribution is 0.472. The fourth-order valence-corrected chi connectivity index (χ4v) is 3.20. The Labute approximate surface area is 116 Å².